The summed E-state index contributed by atoms with van der Waals surface area (Å²) in [7, 11) is -1.96. The van der Waals surface area contributed by atoms with E-state index in [0.717, 1.165) is 0 Å². The molecule has 1 atom stereocenters. The summed E-state index contributed by atoms with van der Waals surface area (Å²) in [5.41, 5.74) is 0. The summed E-state index contributed by atoms with van der Waals surface area (Å²) >= 11 is 0. The van der Waals surface area contributed by atoms with Gasteiger partial charge in [0.25, 0.3) is 0 Å². The smallest absolute Gasteiger partial charge is 0.0620 e. The number of benzene rings is 3. The second-order valence-corrected chi connectivity index (χ2v) is 8.50. The number of hydrogen-bond donors (Lipinski definition) is 0. The Balaban J connectivity index is 0.00000192. The minimum Gasteiger partial charge on any atom is -0.0620 e. The summed E-state index contributed by atoms with van der Waals surface area (Å²) in [5.74, 6) is 0. The quantitative estimate of drug-likeness (QED) is 0.600. The van der Waals surface area contributed by atoms with Crippen LogP contribution in [0.1, 0.15) is 8.29 Å². The van der Waals surface area contributed by atoms with Crippen LogP contribution in [-0.4, -0.2) is 6.14 Å². The second kappa shape index (κ2) is 8.16. The van der Waals surface area contributed by atoms with Crippen LogP contribution in [0.2, 0.25) is 0 Å². The van der Waals surface area contributed by atoms with Crippen molar-refractivity contribution in [3.63, 3.8) is 0 Å². The van der Waals surface area contributed by atoms with E-state index in [1.54, 1.807) is 0 Å². The molecule has 1 radical (unpaired) electrons. The maximum atomic E-state index is 8.74. The van der Waals surface area contributed by atoms with E-state index in [-0.39, 0.29) is 38.8 Å². The van der Waals surface area contributed by atoms with Crippen LogP contribution in [0.5, 0.6) is 0 Å². The number of rotatable bonds is 4. The Morgan fingerprint density at radius 1 is 0.636 bits per heavy atom. The van der Waals surface area contributed by atoms with Gasteiger partial charge in [0.2, 0.25) is 0 Å². The van der Waals surface area contributed by atoms with Crippen LogP contribution < -0.4 is 15.9 Å². The van der Waals surface area contributed by atoms with Gasteiger partial charge in [-0.3, -0.25) is 0 Å². The SMILES string of the molecule is [2H]C(C)[P+](c1ccccc1)(c1ccccc1)c1ccccc1.[Y]. The number of hydrogen-bond acceptors (Lipinski definition) is 0. The molecule has 0 saturated heterocycles. The van der Waals surface area contributed by atoms with E-state index >= 15 is 0 Å². The fourth-order valence-electron chi connectivity index (χ4n) is 2.88. The van der Waals surface area contributed by atoms with Crippen LogP contribution in [0, 0.1) is 0 Å². The molecule has 0 saturated carbocycles. The predicted molar refractivity (Wildman–Crippen MR) is 95.7 cm³/mol. The summed E-state index contributed by atoms with van der Waals surface area (Å²) in [6, 6.07) is 31.7. The van der Waals surface area contributed by atoms with E-state index in [0.29, 0.717) is 0 Å². The zero-order valence-corrected chi connectivity index (χ0v) is 16.5. The third kappa shape index (κ3) is 3.25. The Morgan fingerprint density at radius 3 is 1.14 bits per heavy atom. The van der Waals surface area contributed by atoms with Crippen molar-refractivity contribution in [1.82, 2.24) is 0 Å². The first kappa shape index (κ1) is 16.1. The monoisotopic (exact) mass is 381 g/mol. The first-order chi connectivity index (χ1) is 10.8. The summed E-state index contributed by atoms with van der Waals surface area (Å²) in [6.45, 7) is 2.03. The molecular formula is C20H20PY+. The van der Waals surface area contributed by atoms with Gasteiger partial charge in [0.1, 0.15) is 23.2 Å². The molecule has 0 nitrogen and oxygen atoms in total. The van der Waals surface area contributed by atoms with Crippen LogP contribution in [0.3, 0.4) is 0 Å². The van der Waals surface area contributed by atoms with E-state index < -0.39 is 7.26 Å². The summed E-state index contributed by atoms with van der Waals surface area (Å²) in [6.07, 6.45) is -0.195. The Hall–Kier alpha value is -0.806. The fraction of sp³-hybridized carbons (Fsp3) is 0.100. The minimum absolute atomic E-state index is 0. The van der Waals surface area contributed by atoms with Gasteiger partial charge in [0.15, 0.2) is 0 Å². The molecule has 0 bridgehead atoms. The molecule has 0 aliphatic rings. The van der Waals surface area contributed by atoms with Gasteiger partial charge < -0.3 is 0 Å². The molecule has 22 heavy (non-hydrogen) atoms. The first-order valence-corrected chi connectivity index (χ1v) is 9.10. The molecule has 3 rings (SSSR count). The molecule has 0 spiro atoms. The van der Waals surface area contributed by atoms with Crippen molar-refractivity contribution < 1.29 is 34.1 Å². The third-order valence-corrected chi connectivity index (χ3v) is 7.99. The normalized spacial score (nSPS) is 12.9. The molecule has 0 aliphatic carbocycles. The summed E-state index contributed by atoms with van der Waals surface area (Å²) in [4.78, 5) is 0. The van der Waals surface area contributed by atoms with Crippen molar-refractivity contribution in [1.29, 1.82) is 0 Å². The molecule has 3 aromatic carbocycles. The average molecular weight is 381 g/mol. The van der Waals surface area contributed by atoms with Crippen LogP contribution >= 0.6 is 7.26 Å². The minimum atomic E-state index is -1.96. The topological polar surface area (TPSA) is 0 Å². The van der Waals surface area contributed by atoms with E-state index in [9.17, 15) is 0 Å². The van der Waals surface area contributed by atoms with Crippen molar-refractivity contribution >= 4 is 23.2 Å². The molecule has 1 unspecified atom stereocenters. The molecule has 0 N–H and O–H groups in total. The molecule has 107 valence electrons. The van der Waals surface area contributed by atoms with Crippen molar-refractivity contribution in [2.75, 3.05) is 6.14 Å². The van der Waals surface area contributed by atoms with Gasteiger partial charge in [-0.2, -0.15) is 0 Å². The standard InChI is InChI=1S/C20H20P.Y/c1-2-21(18-12-6-3-7-13-18,19-14-8-4-9-15-19)20-16-10-5-11-17-20;/h3-17H,2H2,1H3;/q+1;/i2D;. The largest absolute Gasteiger partial charge is 0.111 e. The third-order valence-electron chi connectivity index (χ3n) is 3.88. The van der Waals surface area contributed by atoms with Gasteiger partial charge in [0, 0.05) is 32.7 Å². The maximum absolute atomic E-state index is 8.74. The Morgan fingerprint density at radius 2 is 0.909 bits per heavy atom. The van der Waals surface area contributed by atoms with E-state index in [1.165, 1.54) is 15.9 Å². The predicted octanol–water partition coefficient (Wildman–Crippen LogP) is 4.00. The summed E-state index contributed by atoms with van der Waals surface area (Å²) in [5, 5.41) is 3.82. The van der Waals surface area contributed by atoms with Crippen molar-refractivity contribution in [3.05, 3.63) is 91.0 Å². The Bertz CT molecular complexity index is 618. The van der Waals surface area contributed by atoms with Gasteiger partial charge in [-0.05, 0) is 43.3 Å². The second-order valence-electron chi connectivity index (χ2n) is 4.99. The van der Waals surface area contributed by atoms with Gasteiger partial charge >= 0.3 is 0 Å². The van der Waals surface area contributed by atoms with Crippen molar-refractivity contribution in [3.8, 4) is 0 Å². The van der Waals surface area contributed by atoms with Gasteiger partial charge in [-0.15, -0.1) is 0 Å². The molecule has 2 heteroatoms. The zero-order chi connectivity index (χ0) is 15.4. The van der Waals surface area contributed by atoms with E-state index in [4.69, 9.17) is 1.37 Å². The van der Waals surface area contributed by atoms with Crippen LogP contribution in [0.25, 0.3) is 0 Å². The Kier molecular flexibility index (Phi) is 5.96. The molecule has 0 fully saturated rings. The van der Waals surface area contributed by atoms with Crippen LogP contribution in [-0.2, 0) is 32.7 Å². The first-order valence-electron chi connectivity index (χ1n) is 7.82. The van der Waals surface area contributed by atoms with E-state index in [1.807, 2.05) is 25.1 Å². The van der Waals surface area contributed by atoms with Crippen LogP contribution in [0.15, 0.2) is 91.0 Å². The maximum Gasteiger partial charge on any atom is 0.111 e. The van der Waals surface area contributed by atoms with Crippen LogP contribution in [0.4, 0.5) is 0 Å². The molecule has 0 aliphatic heterocycles. The molecular weight excluding hydrogens is 360 g/mol. The molecule has 0 heterocycles. The van der Waals surface area contributed by atoms with Gasteiger partial charge in [-0.25, -0.2) is 0 Å². The van der Waals surface area contributed by atoms with E-state index in [2.05, 4.69) is 72.8 Å². The molecule has 0 amide bonds. The van der Waals surface area contributed by atoms with Gasteiger partial charge in [-0.1, -0.05) is 54.6 Å². The fourth-order valence-corrected chi connectivity index (χ4v) is 6.60. The Labute approximate surface area is 160 Å². The zero-order valence-electron chi connectivity index (χ0n) is 13.8. The van der Waals surface area contributed by atoms with Crippen molar-refractivity contribution in [2.45, 2.75) is 6.92 Å². The molecule has 3 aromatic rings. The summed E-state index contributed by atoms with van der Waals surface area (Å²) < 4.78 is 8.74. The average Bonchev–Trinajstić information content (AvgIpc) is 2.58. The van der Waals surface area contributed by atoms with Gasteiger partial charge in [0.05, 0.1) is 7.51 Å². The van der Waals surface area contributed by atoms with Crippen molar-refractivity contribution in [2.24, 2.45) is 0 Å². The molecule has 0 aromatic heterocycles.